The normalized spacial score (nSPS) is 17.5. The number of aliphatic imine (C=N–C) groups is 1. The third-order valence-electron chi connectivity index (χ3n) is 13.5. The average molecular weight is 800 g/mol. The van der Waals surface area contributed by atoms with E-state index in [4.69, 9.17) is 13.8 Å². The lowest BCUT2D eigenvalue weighted by atomic mass is 9.86. The molecule has 0 saturated heterocycles. The summed E-state index contributed by atoms with van der Waals surface area (Å²) in [6.07, 6.45) is 1.34. The number of rotatable bonds is 4. The van der Waals surface area contributed by atoms with Crippen LogP contribution in [0.2, 0.25) is 0 Å². The molecule has 3 atom stereocenters. The summed E-state index contributed by atoms with van der Waals surface area (Å²) >= 11 is 0. The molecule has 12 aromatic rings. The number of furan rings is 2. The van der Waals surface area contributed by atoms with Gasteiger partial charge in [0.15, 0.2) is 0 Å². The van der Waals surface area contributed by atoms with Crippen LogP contribution in [0.15, 0.2) is 196 Å². The maximum Gasteiger partial charge on any atom is 0.144 e. The molecule has 5 heteroatoms. The van der Waals surface area contributed by atoms with Gasteiger partial charge in [-0.05, 0) is 100 Å². The van der Waals surface area contributed by atoms with E-state index in [2.05, 4.69) is 193 Å². The number of nitrogens with zero attached hydrogens (tertiary/aromatic N) is 2. The molecule has 0 spiro atoms. The van der Waals surface area contributed by atoms with E-state index in [9.17, 15) is 0 Å². The van der Waals surface area contributed by atoms with Gasteiger partial charge in [0.05, 0.1) is 11.0 Å². The first-order chi connectivity index (χ1) is 30.6. The van der Waals surface area contributed by atoms with E-state index in [-0.39, 0.29) is 18.1 Å². The van der Waals surface area contributed by atoms with Gasteiger partial charge in [-0.3, -0.25) is 10.3 Å². The van der Waals surface area contributed by atoms with Gasteiger partial charge in [-0.2, -0.15) is 0 Å². The minimum atomic E-state index is -0.357. The third-order valence-corrected chi connectivity index (χ3v) is 13.5. The Morgan fingerprint density at radius 3 is 1.97 bits per heavy atom. The van der Waals surface area contributed by atoms with Crippen LogP contribution in [-0.2, 0) is 0 Å². The van der Waals surface area contributed by atoms with Crippen molar-refractivity contribution in [3.63, 3.8) is 0 Å². The summed E-state index contributed by atoms with van der Waals surface area (Å²) in [4.78, 5) is 5.73. The molecule has 0 radical (unpaired) electrons. The van der Waals surface area contributed by atoms with Crippen molar-refractivity contribution >= 4 is 92.9 Å². The van der Waals surface area contributed by atoms with Gasteiger partial charge in [0.1, 0.15) is 28.5 Å². The van der Waals surface area contributed by atoms with Gasteiger partial charge in [0.25, 0.3) is 0 Å². The fraction of sp³-hybridized carbons (Fsp3) is 0.105. The van der Waals surface area contributed by atoms with Crippen LogP contribution < -0.4 is 5.32 Å². The number of hydrogen-bond donors (Lipinski definition) is 1. The van der Waals surface area contributed by atoms with Crippen LogP contribution in [0.25, 0.3) is 92.9 Å². The van der Waals surface area contributed by atoms with Crippen molar-refractivity contribution < 1.29 is 8.83 Å². The molecule has 4 heterocycles. The second kappa shape index (κ2) is 13.8. The summed E-state index contributed by atoms with van der Waals surface area (Å²) in [5.41, 5.74) is 11.4. The highest BCUT2D eigenvalue weighted by molar-refractivity contribution is 6.16. The summed E-state index contributed by atoms with van der Waals surface area (Å²) in [6.45, 7) is 2.38. The third kappa shape index (κ3) is 5.48. The van der Waals surface area contributed by atoms with Gasteiger partial charge in [-0.1, -0.05) is 134 Å². The van der Waals surface area contributed by atoms with E-state index in [0.29, 0.717) is 0 Å². The summed E-state index contributed by atoms with van der Waals surface area (Å²) in [5, 5.41) is 16.0. The molecule has 0 bridgehead atoms. The van der Waals surface area contributed by atoms with Crippen LogP contribution in [0.5, 0.6) is 0 Å². The summed E-state index contributed by atoms with van der Waals surface area (Å²) in [5.74, 6) is 0.201. The molecular weight excluding hydrogens is 759 g/mol. The Kier molecular flexibility index (Phi) is 7.85. The first-order valence-corrected chi connectivity index (χ1v) is 21.7. The van der Waals surface area contributed by atoms with Gasteiger partial charge >= 0.3 is 0 Å². The quantitative estimate of drug-likeness (QED) is 0.193. The largest absolute Gasteiger partial charge is 0.456 e. The monoisotopic (exact) mass is 799 g/mol. The van der Waals surface area contributed by atoms with Crippen molar-refractivity contribution in [3.8, 4) is 5.69 Å². The van der Waals surface area contributed by atoms with E-state index < -0.39 is 0 Å². The van der Waals surface area contributed by atoms with Gasteiger partial charge in [-0.25, -0.2) is 0 Å². The fourth-order valence-corrected chi connectivity index (χ4v) is 10.4. The average Bonchev–Trinajstić information content (AvgIpc) is 3.99. The summed E-state index contributed by atoms with van der Waals surface area (Å²) in [6, 6.07) is 65.4. The molecule has 9 aromatic carbocycles. The zero-order valence-corrected chi connectivity index (χ0v) is 34.2. The number of fused-ring (bicyclic) bond motifs is 11. The number of para-hydroxylation sites is 4. The highest BCUT2D eigenvalue weighted by Crippen LogP contribution is 2.44. The van der Waals surface area contributed by atoms with Crippen LogP contribution in [0.3, 0.4) is 0 Å². The van der Waals surface area contributed by atoms with Gasteiger partial charge in [0, 0.05) is 60.9 Å². The molecule has 1 aliphatic rings. The fourth-order valence-electron chi connectivity index (χ4n) is 10.4. The summed E-state index contributed by atoms with van der Waals surface area (Å²) in [7, 11) is 0. The lowest BCUT2D eigenvalue weighted by Gasteiger charge is -2.32. The lowest BCUT2D eigenvalue weighted by Crippen LogP contribution is -2.33. The zero-order chi connectivity index (χ0) is 40.9. The van der Waals surface area contributed by atoms with E-state index in [1.165, 1.54) is 43.4 Å². The van der Waals surface area contributed by atoms with Crippen molar-refractivity contribution in [3.05, 3.63) is 199 Å². The first kappa shape index (κ1) is 35.3. The van der Waals surface area contributed by atoms with Crippen LogP contribution in [0.1, 0.15) is 48.7 Å². The molecule has 1 N–H and O–H groups in total. The minimum absolute atomic E-state index is 0.101. The molecule has 5 nitrogen and oxygen atoms in total. The highest BCUT2D eigenvalue weighted by Gasteiger charge is 2.31. The number of benzene rings is 9. The standard InChI is InChI=1S/C57H41N3O2/c1-34-25-28-49(45-21-12-20-44-42-18-7-10-23-52(42)61-55(44)45)58-57(39-27-26-35-13-2-3-14-36(35)29-39)59-54(34)48-33-40(32-47-43-19-8-11-24-53(43)62-56(47)48)60-50-22-9-6-17-41(50)46-30-37-15-4-5-16-38(37)31-51(46)60/h2-24,26-27,29-34,54,57,59H,25,28H2,1H3. The Bertz CT molecular complexity index is 3790. The molecular formula is C57H41N3O2. The smallest absolute Gasteiger partial charge is 0.144 e. The second-order valence-corrected chi connectivity index (χ2v) is 17.1. The Morgan fingerprint density at radius 2 is 1.16 bits per heavy atom. The molecule has 3 unspecified atom stereocenters. The van der Waals surface area contributed by atoms with Crippen molar-refractivity contribution in [2.45, 2.75) is 32.0 Å². The maximum atomic E-state index is 6.93. The van der Waals surface area contributed by atoms with Gasteiger partial charge < -0.3 is 13.4 Å². The maximum absolute atomic E-state index is 6.93. The van der Waals surface area contributed by atoms with Crippen molar-refractivity contribution in [2.24, 2.45) is 10.9 Å². The van der Waals surface area contributed by atoms with Crippen molar-refractivity contribution in [1.29, 1.82) is 0 Å². The molecule has 3 aromatic heterocycles. The first-order valence-electron chi connectivity index (χ1n) is 21.7. The second-order valence-electron chi connectivity index (χ2n) is 17.1. The topological polar surface area (TPSA) is 55.6 Å². The zero-order valence-electron chi connectivity index (χ0n) is 34.2. The molecule has 0 aliphatic carbocycles. The Balaban J connectivity index is 1.04. The van der Waals surface area contributed by atoms with E-state index in [1.54, 1.807) is 0 Å². The van der Waals surface area contributed by atoms with E-state index in [0.717, 1.165) is 84.8 Å². The van der Waals surface area contributed by atoms with Crippen LogP contribution in [0.4, 0.5) is 0 Å². The van der Waals surface area contributed by atoms with E-state index in [1.807, 2.05) is 6.07 Å². The van der Waals surface area contributed by atoms with Crippen LogP contribution >= 0.6 is 0 Å². The van der Waals surface area contributed by atoms with Gasteiger partial charge in [-0.15, -0.1) is 0 Å². The molecule has 13 rings (SSSR count). The number of aromatic nitrogens is 1. The number of nitrogens with one attached hydrogen (secondary N) is 1. The Morgan fingerprint density at radius 1 is 0.516 bits per heavy atom. The highest BCUT2D eigenvalue weighted by atomic mass is 16.3. The predicted molar refractivity (Wildman–Crippen MR) is 257 cm³/mol. The molecule has 0 saturated carbocycles. The molecule has 296 valence electrons. The molecule has 1 aliphatic heterocycles. The molecule has 0 fully saturated rings. The lowest BCUT2D eigenvalue weighted by molar-refractivity contribution is 0.328. The van der Waals surface area contributed by atoms with Crippen LogP contribution in [-0.4, -0.2) is 10.3 Å². The molecule has 62 heavy (non-hydrogen) atoms. The van der Waals surface area contributed by atoms with Crippen LogP contribution in [0, 0.1) is 5.92 Å². The Labute approximate surface area is 357 Å². The SMILES string of the molecule is CC1CCC(c2cccc3c2oc2ccccc23)=NC(c2ccc3ccccc3c2)NC1c1cc(-n2c3ccccc3c3cc4ccccc4cc32)cc2c1oc1ccccc12. The van der Waals surface area contributed by atoms with E-state index >= 15 is 0 Å². The van der Waals surface area contributed by atoms with Gasteiger partial charge in [0.2, 0.25) is 0 Å². The predicted octanol–water partition coefficient (Wildman–Crippen LogP) is 15.1. The summed E-state index contributed by atoms with van der Waals surface area (Å²) < 4.78 is 16.0. The Hall–Kier alpha value is -7.47. The minimum Gasteiger partial charge on any atom is -0.456 e. The van der Waals surface area contributed by atoms with Crippen molar-refractivity contribution in [2.75, 3.05) is 0 Å². The molecule has 0 amide bonds. The number of hydrogen-bond acceptors (Lipinski definition) is 4. The van der Waals surface area contributed by atoms with Crippen molar-refractivity contribution in [1.82, 2.24) is 9.88 Å².